The lowest BCUT2D eigenvalue weighted by molar-refractivity contribution is 0.674. The number of aromatic amines is 1. The molecule has 4 nitrogen and oxygen atoms in total. The molecule has 1 N–H and O–H groups in total. The van der Waals surface area contributed by atoms with E-state index in [1.807, 2.05) is 32.2 Å². The maximum absolute atomic E-state index is 12.4. The highest BCUT2D eigenvalue weighted by atomic mass is 35.5. The van der Waals surface area contributed by atoms with Crippen LogP contribution in [0.1, 0.15) is 35.8 Å². The third-order valence-corrected chi connectivity index (χ3v) is 4.33. The molecule has 0 radical (unpaired) electrons. The molecule has 2 aromatic rings. The molecule has 0 unspecified atom stereocenters. The smallest absolute Gasteiger partial charge is 0.297 e. The van der Waals surface area contributed by atoms with E-state index in [0.717, 1.165) is 10.4 Å². The fourth-order valence-electron chi connectivity index (χ4n) is 1.91. The zero-order valence-corrected chi connectivity index (χ0v) is 12.6. The van der Waals surface area contributed by atoms with E-state index in [9.17, 15) is 9.59 Å². The highest BCUT2D eigenvalue weighted by Gasteiger charge is 2.16. The molecule has 0 saturated carbocycles. The predicted octanol–water partition coefficient (Wildman–Crippen LogP) is 2.73. The molecule has 0 spiro atoms. The van der Waals surface area contributed by atoms with Crippen molar-refractivity contribution < 1.29 is 0 Å². The summed E-state index contributed by atoms with van der Waals surface area (Å²) < 4.78 is 1.21. The first-order chi connectivity index (χ1) is 8.91. The van der Waals surface area contributed by atoms with E-state index >= 15 is 0 Å². The van der Waals surface area contributed by atoms with Gasteiger partial charge in [0, 0.05) is 4.88 Å². The number of aromatic nitrogens is 2. The van der Waals surface area contributed by atoms with E-state index in [0.29, 0.717) is 5.56 Å². The molecule has 2 aromatic heterocycles. The standard InChI is InChI=1S/C13H15ClN2O2S/c1-7(2)10-11(14)15-13(18)16(12(10)17)6-9-8(3)4-5-19-9/h4-5,7H,6H2,1-3H3,(H,15,18). The third-order valence-electron chi connectivity index (χ3n) is 3.02. The van der Waals surface area contributed by atoms with Gasteiger partial charge in [0.05, 0.1) is 12.1 Å². The molecule has 0 atom stereocenters. The summed E-state index contributed by atoms with van der Waals surface area (Å²) in [5.74, 6) is -0.0347. The lowest BCUT2D eigenvalue weighted by atomic mass is 10.1. The average molecular weight is 299 g/mol. The van der Waals surface area contributed by atoms with Gasteiger partial charge < -0.3 is 0 Å². The highest BCUT2D eigenvalue weighted by Crippen LogP contribution is 2.18. The van der Waals surface area contributed by atoms with Crippen molar-refractivity contribution in [1.29, 1.82) is 0 Å². The quantitative estimate of drug-likeness (QED) is 0.886. The molecule has 0 aliphatic rings. The Kier molecular flexibility index (Phi) is 3.96. The summed E-state index contributed by atoms with van der Waals surface area (Å²) in [6.45, 7) is 6.00. The second-order valence-corrected chi connectivity index (χ2v) is 6.11. The van der Waals surface area contributed by atoms with Crippen LogP contribution in [0.5, 0.6) is 0 Å². The summed E-state index contributed by atoms with van der Waals surface area (Å²) in [6, 6.07) is 1.97. The minimum Gasteiger partial charge on any atom is -0.297 e. The van der Waals surface area contributed by atoms with Crippen molar-refractivity contribution in [2.75, 3.05) is 0 Å². The number of thiophene rings is 1. The third kappa shape index (κ3) is 2.67. The number of nitrogens with one attached hydrogen (secondary N) is 1. The van der Waals surface area contributed by atoms with Crippen molar-refractivity contribution in [3.05, 3.63) is 53.4 Å². The summed E-state index contributed by atoms with van der Waals surface area (Å²) in [7, 11) is 0. The Hall–Kier alpha value is -1.33. The molecule has 0 bridgehead atoms. The van der Waals surface area contributed by atoms with Crippen LogP contribution in [0.3, 0.4) is 0 Å². The SMILES string of the molecule is Cc1ccsc1Cn1c(=O)[nH]c(Cl)c(C(C)C)c1=O. The number of rotatable bonds is 3. The molecule has 0 amide bonds. The molecule has 2 heterocycles. The minimum atomic E-state index is -0.466. The normalized spacial score (nSPS) is 11.2. The molecule has 0 fully saturated rings. The first kappa shape index (κ1) is 14.1. The fraction of sp³-hybridized carbons (Fsp3) is 0.385. The zero-order chi connectivity index (χ0) is 14.2. The Morgan fingerprint density at radius 1 is 1.42 bits per heavy atom. The van der Waals surface area contributed by atoms with Gasteiger partial charge in [0.1, 0.15) is 5.15 Å². The van der Waals surface area contributed by atoms with Gasteiger partial charge in [0.2, 0.25) is 0 Å². The van der Waals surface area contributed by atoms with Crippen LogP contribution >= 0.6 is 22.9 Å². The van der Waals surface area contributed by atoms with Crippen molar-refractivity contribution in [3.63, 3.8) is 0 Å². The molecule has 19 heavy (non-hydrogen) atoms. The molecular weight excluding hydrogens is 284 g/mol. The molecule has 102 valence electrons. The first-order valence-electron chi connectivity index (χ1n) is 5.97. The second-order valence-electron chi connectivity index (χ2n) is 4.73. The van der Waals surface area contributed by atoms with Gasteiger partial charge in [0.15, 0.2) is 0 Å². The Bertz CT molecular complexity index is 712. The summed E-state index contributed by atoms with van der Waals surface area (Å²) in [5.41, 5.74) is 0.761. The van der Waals surface area contributed by atoms with Crippen molar-refractivity contribution in [1.82, 2.24) is 9.55 Å². The van der Waals surface area contributed by atoms with E-state index in [-0.39, 0.29) is 23.2 Å². The van der Waals surface area contributed by atoms with Crippen LogP contribution in [-0.2, 0) is 6.54 Å². The minimum absolute atomic E-state index is 0.0347. The Morgan fingerprint density at radius 3 is 2.63 bits per heavy atom. The van der Waals surface area contributed by atoms with Crippen LogP contribution < -0.4 is 11.2 Å². The number of aryl methyl sites for hydroxylation is 1. The van der Waals surface area contributed by atoms with Gasteiger partial charge in [-0.25, -0.2) is 4.79 Å². The van der Waals surface area contributed by atoms with Crippen LogP contribution in [0.15, 0.2) is 21.0 Å². The summed E-state index contributed by atoms with van der Waals surface area (Å²) >= 11 is 7.48. The van der Waals surface area contributed by atoms with Crippen molar-refractivity contribution >= 4 is 22.9 Å². The molecule has 6 heteroatoms. The van der Waals surface area contributed by atoms with Gasteiger partial charge in [-0.05, 0) is 29.9 Å². The number of nitrogens with zero attached hydrogens (tertiary/aromatic N) is 1. The number of halogens is 1. The molecule has 0 aliphatic heterocycles. The van der Waals surface area contributed by atoms with Crippen LogP contribution in [0.2, 0.25) is 5.15 Å². The summed E-state index contributed by atoms with van der Waals surface area (Å²) in [4.78, 5) is 27.8. The lowest BCUT2D eigenvalue weighted by Crippen LogP contribution is -2.38. The largest absolute Gasteiger partial charge is 0.329 e. The van der Waals surface area contributed by atoms with Crippen molar-refractivity contribution in [2.45, 2.75) is 33.2 Å². The van der Waals surface area contributed by atoms with Gasteiger partial charge in [-0.1, -0.05) is 25.4 Å². The van der Waals surface area contributed by atoms with E-state index in [1.165, 1.54) is 15.9 Å². The second kappa shape index (κ2) is 5.35. The molecule has 0 aliphatic carbocycles. The van der Waals surface area contributed by atoms with Gasteiger partial charge in [0.25, 0.3) is 5.56 Å². The highest BCUT2D eigenvalue weighted by molar-refractivity contribution is 7.10. The molecule has 0 aromatic carbocycles. The van der Waals surface area contributed by atoms with Gasteiger partial charge in [-0.3, -0.25) is 14.3 Å². The van der Waals surface area contributed by atoms with Gasteiger partial charge >= 0.3 is 5.69 Å². The average Bonchev–Trinajstić information content (AvgIpc) is 2.69. The Balaban J connectivity index is 2.58. The number of H-pyrrole nitrogens is 1. The molecular formula is C13H15ClN2O2S. The molecule has 2 rings (SSSR count). The van der Waals surface area contributed by atoms with E-state index in [2.05, 4.69) is 4.98 Å². The van der Waals surface area contributed by atoms with Crippen LogP contribution in [-0.4, -0.2) is 9.55 Å². The Morgan fingerprint density at radius 2 is 2.11 bits per heavy atom. The summed E-state index contributed by atoms with van der Waals surface area (Å²) in [5, 5.41) is 2.09. The maximum Gasteiger partial charge on any atom is 0.329 e. The van der Waals surface area contributed by atoms with Gasteiger partial charge in [-0.15, -0.1) is 11.3 Å². The van der Waals surface area contributed by atoms with Crippen LogP contribution in [0, 0.1) is 6.92 Å². The number of hydrogen-bond donors (Lipinski definition) is 1. The predicted molar refractivity (Wildman–Crippen MR) is 78.6 cm³/mol. The topological polar surface area (TPSA) is 54.9 Å². The lowest BCUT2D eigenvalue weighted by Gasteiger charge is -2.11. The van der Waals surface area contributed by atoms with Gasteiger partial charge in [-0.2, -0.15) is 0 Å². The first-order valence-corrected chi connectivity index (χ1v) is 7.23. The Labute approximate surface area is 119 Å². The maximum atomic E-state index is 12.4. The number of hydrogen-bond acceptors (Lipinski definition) is 3. The van der Waals surface area contributed by atoms with Crippen LogP contribution in [0.25, 0.3) is 0 Å². The van der Waals surface area contributed by atoms with Crippen molar-refractivity contribution in [2.24, 2.45) is 0 Å². The summed E-state index contributed by atoms with van der Waals surface area (Å²) in [6.07, 6.45) is 0. The van der Waals surface area contributed by atoms with Crippen molar-refractivity contribution in [3.8, 4) is 0 Å². The zero-order valence-electron chi connectivity index (χ0n) is 11.0. The van der Waals surface area contributed by atoms with Crippen LogP contribution in [0.4, 0.5) is 0 Å². The monoisotopic (exact) mass is 298 g/mol. The fourth-order valence-corrected chi connectivity index (χ4v) is 3.19. The molecule has 0 saturated heterocycles. The van der Waals surface area contributed by atoms with E-state index in [4.69, 9.17) is 11.6 Å². The van der Waals surface area contributed by atoms with E-state index in [1.54, 1.807) is 0 Å². The van der Waals surface area contributed by atoms with E-state index < -0.39 is 5.69 Å².